The van der Waals surface area contributed by atoms with Crippen LogP contribution in [-0.4, -0.2) is 36.1 Å². The Labute approximate surface area is 112 Å². The van der Waals surface area contributed by atoms with Gasteiger partial charge in [-0.15, -0.1) is 0 Å². The summed E-state index contributed by atoms with van der Waals surface area (Å²) in [4.78, 5) is 13.3. The molecular formula is C13H23F3N2O. The Bertz CT molecular complexity index is 303. The summed E-state index contributed by atoms with van der Waals surface area (Å²) in [6.07, 6.45) is -1.26. The molecule has 2 unspecified atom stereocenters. The summed E-state index contributed by atoms with van der Waals surface area (Å²) in [5, 5.41) is 0. The van der Waals surface area contributed by atoms with Crippen molar-refractivity contribution in [1.29, 1.82) is 0 Å². The summed E-state index contributed by atoms with van der Waals surface area (Å²) < 4.78 is 37.9. The molecular weight excluding hydrogens is 257 g/mol. The summed E-state index contributed by atoms with van der Waals surface area (Å²) in [6, 6.07) is -0.347. The Morgan fingerprint density at radius 2 is 2.00 bits per heavy atom. The van der Waals surface area contributed by atoms with Gasteiger partial charge in [-0.2, -0.15) is 13.2 Å². The zero-order valence-electron chi connectivity index (χ0n) is 11.5. The first-order valence-corrected chi connectivity index (χ1v) is 6.87. The van der Waals surface area contributed by atoms with Gasteiger partial charge in [-0.05, 0) is 32.1 Å². The van der Waals surface area contributed by atoms with Crippen LogP contribution in [0.5, 0.6) is 0 Å². The van der Waals surface area contributed by atoms with E-state index in [0.717, 1.165) is 24.2 Å². The smallest absolute Gasteiger partial charge is 0.330 e. The van der Waals surface area contributed by atoms with Gasteiger partial charge in [0.25, 0.3) is 0 Å². The van der Waals surface area contributed by atoms with Crippen LogP contribution in [0.25, 0.3) is 0 Å². The van der Waals surface area contributed by atoms with Crippen molar-refractivity contribution in [2.75, 3.05) is 13.1 Å². The highest BCUT2D eigenvalue weighted by Gasteiger charge is 2.41. The molecule has 0 aromatic heterocycles. The second-order valence-electron chi connectivity index (χ2n) is 5.38. The summed E-state index contributed by atoms with van der Waals surface area (Å²) in [6.45, 7) is 2.55. The molecule has 1 aliphatic rings. The molecule has 2 N–H and O–H groups in total. The van der Waals surface area contributed by atoms with Gasteiger partial charge in [0.1, 0.15) is 6.54 Å². The number of carbonyl (C=O) groups is 1. The molecule has 1 fully saturated rings. The number of hydrogen-bond donors (Lipinski definition) is 1. The second kappa shape index (κ2) is 6.59. The molecule has 6 heteroatoms. The van der Waals surface area contributed by atoms with Crippen molar-refractivity contribution in [2.45, 2.75) is 51.7 Å². The van der Waals surface area contributed by atoms with Crippen molar-refractivity contribution in [3.05, 3.63) is 0 Å². The van der Waals surface area contributed by atoms with Crippen molar-refractivity contribution in [2.24, 2.45) is 17.6 Å². The van der Waals surface area contributed by atoms with Crippen molar-refractivity contribution in [1.82, 2.24) is 4.90 Å². The van der Waals surface area contributed by atoms with Gasteiger partial charge < -0.3 is 10.6 Å². The minimum Gasteiger partial charge on any atom is -0.330 e. The molecule has 0 aliphatic heterocycles. The van der Waals surface area contributed by atoms with Gasteiger partial charge in [0, 0.05) is 12.6 Å². The molecule has 19 heavy (non-hydrogen) atoms. The van der Waals surface area contributed by atoms with Crippen LogP contribution < -0.4 is 5.73 Å². The molecule has 2 atom stereocenters. The number of halogens is 3. The maximum absolute atomic E-state index is 12.6. The van der Waals surface area contributed by atoms with Crippen LogP contribution in [0, 0.1) is 11.8 Å². The van der Waals surface area contributed by atoms with Gasteiger partial charge in [-0.3, -0.25) is 4.79 Å². The lowest BCUT2D eigenvalue weighted by atomic mass is 10.0. The van der Waals surface area contributed by atoms with E-state index in [1.807, 2.05) is 6.92 Å². The molecule has 0 bridgehead atoms. The van der Waals surface area contributed by atoms with Crippen LogP contribution in [0.2, 0.25) is 0 Å². The molecule has 112 valence electrons. The molecule has 1 amide bonds. The first kappa shape index (κ1) is 16.3. The van der Waals surface area contributed by atoms with E-state index in [2.05, 4.69) is 0 Å². The maximum atomic E-state index is 12.6. The predicted octanol–water partition coefficient (Wildman–Crippen LogP) is 2.55. The van der Waals surface area contributed by atoms with Crippen LogP contribution >= 0.6 is 0 Å². The fraction of sp³-hybridized carbons (Fsp3) is 0.923. The van der Waals surface area contributed by atoms with Crippen molar-refractivity contribution < 1.29 is 18.0 Å². The molecule has 1 aliphatic carbocycles. The highest BCUT2D eigenvalue weighted by molar-refractivity contribution is 5.79. The van der Waals surface area contributed by atoms with Crippen LogP contribution in [-0.2, 0) is 4.79 Å². The van der Waals surface area contributed by atoms with Gasteiger partial charge in [0.15, 0.2) is 0 Å². The van der Waals surface area contributed by atoms with Crippen molar-refractivity contribution >= 4 is 5.91 Å². The zero-order valence-corrected chi connectivity index (χ0v) is 11.5. The highest BCUT2D eigenvalue weighted by atomic mass is 19.4. The van der Waals surface area contributed by atoms with Gasteiger partial charge in [0.05, 0.1) is 5.92 Å². The second-order valence-corrected chi connectivity index (χ2v) is 5.38. The lowest BCUT2D eigenvalue weighted by Gasteiger charge is -2.33. The van der Waals surface area contributed by atoms with Crippen LogP contribution in [0.1, 0.15) is 39.5 Å². The van der Waals surface area contributed by atoms with Crippen molar-refractivity contribution in [3.63, 3.8) is 0 Å². The molecule has 0 spiro atoms. The van der Waals surface area contributed by atoms with E-state index < -0.39 is 24.5 Å². The third kappa shape index (κ3) is 5.01. The average Bonchev–Trinajstić information content (AvgIpc) is 3.14. The molecule has 1 saturated carbocycles. The van der Waals surface area contributed by atoms with E-state index in [-0.39, 0.29) is 18.5 Å². The number of nitrogens with two attached hydrogens (primary N) is 1. The Morgan fingerprint density at radius 3 is 2.37 bits per heavy atom. The SMILES string of the molecule is CCCC(CN)C(=O)N(CC(F)(F)F)C(C)C1CC1. The van der Waals surface area contributed by atoms with E-state index in [9.17, 15) is 18.0 Å². The fourth-order valence-corrected chi connectivity index (χ4v) is 2.37. The van der Waals surface area contributed by atoms with Crippen LogP contribution in [0.15, 0.2) is 0 Å². The van der Waals surface area contributed by atoms with E-state index >= 15 is 0 Å². The predicted molar refractivity (Wildman–Crippen MR) is 67.4 cm³/mol. The van der Waals surface area contributed by atoms with E-state index in [4.69, 9.17) is 5.73 Å². The number of nitrogens with zero attached hydrogens (tertiary/aromatic N) is 1. The third-order valence-corrected chi connectivity index (χ3v) is 3.70. The summed E-state index contributed by atoms with van der Waals surface area (Å²) >= 11 is 0. The minimum atomic E-state index is -4.36. The van der Waals surface area contributed by atoms with Crippen molar-refractivity contribution in [3.8, 4) is 0 Å². The Kier molecular flexibility index (Phi) is 5.64. The largest absolute Gasteiger partial charge is 0.406 e. The van der Waals surface area contributed by atoms with Crippen LogP contribution in [0.3, 0.4) is 0 Å². The normalized spacial score (nSPS) is 19.1. The number of hydrogen-bond acceptors (Lipinski definition) is 2. The Morgan fingerprint density at radius 1 is 1.42 bits per heavy atom. The van der Waals surface area contributed by atoms with Gasteiger partial charge >= 0.3 is 6.18 Å². The monoisotopic (exact) mass is 280 g/mol. The lowest BCUT2D eigenvalue weighted by molar-refractivity contribution is -0.168. The molecule has 0 heterocycles. The lowest BCUT2D eigenvalue weighted by Crippen LogP contribution is -2.49. The fourth-order valence-electron chi connectivity index (χ4n) is 2.37. The molecule has 0 aromatic carbocycles. The average molecular weight is 280 g/mol. The third-order valence-electron chi connectivity index (χ3n) is 3.70. The standard InChI is InChI=1S/C13H23F3N2O/c1-3-4-11(7-17)12(19)18(8-13(14,15)16)9(2)10-5-6-10/h9-11H,3-8,17H2,1-2H3. The first-order chi connectivity index (χ1) is 8.80. The number of alkyl halides is 3. The molecule has 0 saturated heterocycles. The minimum absolute atomic E-state index is 0.110. The number of carbonyl (C=O) groups excluding carboxylic acids is 1. The summed E-state index contributed by atoms with van der Waals surface area (Å²) in [5.74, 6) is -0.721. The Hall–Kier alpha value is -0.780. The molecule has 0 radical (unpaired) electrons. The van der Waals surface area contributed by atoms with Gasteiger partial charge in [-0.25, -0.2) is 0 Å². The Balaban J connectivity index is 2.78. The van der Waals surface area contributed by atoms with Gasteiger partial charge in [-0.1, -0.05) is 13.3 Å². The molecule has 1 rings (SSSR count). The number of rotatable bonds is 7. The van der Waals surface area contributed by atoms with Crippen LogP contribution in [0.4, 0.5) is 13.2 Å². The van der Waals surface area contributed by atoms with Gasteiger partial charge in [0.2, 0.25) is 5.91 Å². The van der Waals surface area contributed by atoms with E-state index in [0.29, 0.717) is 6.42 Å². The van der Waals surface area contributed by atoms with E-state index in [1.165, 1.54) is 0 Å². The maximum Gasteiger partial charge on any atom is 0.406 e. The molecule has 0 aromatic rings. The highest BCUT2D eigenvalue weighted by Crippen LogP contribution is 2.36. The summed E-state index contributed by atoms with van der Waals surface area (Å²) in [5.41, 5.74) is 5.52. The topological polar surface area (TPSA) is 46.3 Å². The number of amides is 1. The first-order valence-electron chi connectivity index (χ1n) is 6.87. The quantitative estimate of drug-likeness (QED) is 0.779. The van der Waals surface area contributed by atoms with E-state index in [1.54, 1.807) is 6.92 Å². The molecule has 3 nitrogen and oxygen atoms in total. The summed E-state index contributed by atoms with van der Waals surface area (Å²) in [7, 11) is 0. The zero-order chi connectivity index (χ0) is 14.6.